The van der Waals surface area contributed by atoms with E-state index in [9.17, 15) is 0 Å². The molecule has 2 rings (SSSR count). The lowest BCUT2D eigenvalue weighted by molar-refractivity contribution is 0.574. The molecule has 0 aliphatic carbocycles. The Morgan fingerprint density at radius 2 is 1.78 bits per heavy atom. The minimum Gasteiger partial charge on any atom is -0.306 e. The maximum absolute atomic E-state index is 3.52. The number of nitrogens with one attached hydrogen (secondary N) is 1. The van der Waals surface area contributed by atoms with Gasteiger partial charge in [0, 0.05) is 17.1 Å². The van der Waals surface area contributed by atoms with Gasteiger partial charge in [-0.3, -0.25) is 0 Å². The Labute approximate surface area is 123 Å². The number of halogens is 2. The molecule has 1 unspecified atom stereocenters. The van der Waals surface area contributed by atoms with Crippen molar-refractivity contribution in [3.05, 3.63) is 70.2 Å². The van der Waals surface area contributed by atoms with Crippen molar-refractivity contribution in [3.8, 4) is 0 Å². The van der Waals surface area contributed by atoms with Crippen LogP contribution in [-0.2, 0) is 6.54 Å². The fourth-order valence-corrected chi connectivity index (χ4v) is 2.18. The predicted molar refractivity (Wildman–Crippen MR) is 83.1 cm³/mol. The zero-order chi connectivity index (χ0) is 12.1. The molecule has 0 fully saturated rings. The molecule has 0 amide bonds. The van der Waals surface area contributed by atoms with Crippen LogP contribution in [0.2, 0.25) is 0 Å². The van der Waals surface area contributed by atoms with Gasteiger partial charge in [0.05, 0.1) is 0 Å². The molecule has 96 valence electrons. The van der Waals surface area contributed by atoms with E-state index in [1.54, 1.807) is 0 Å². The van der Waals surface area contributed by atoms with E-state index in [0.717, 1.165) is 11.0 Å². The van der Waals surface area contributed by atoms with E-state index in [4.69, 9.17) is 0 Å². The molecule has 0 heterocycles. The van der Waals surface area contributed by atoms with Gasteiger partial charge in [-0.15, -0.1) is 12.4 Å². The Bertz CT molecular complexity index is 473. The third-order valence-electron chi connectivity index (χ3n) is 2.80. The second-order valence-corrected chi connectivity index (χ2v) is 5.06. The van der Waals surface area contributed by atoms with Crippen LogP contribution in [0.5, 0.6) is 0 Å². The van der Waals surface area contributed by atoms with Crippen LogP contribution >= 0.6 is 28.3 Å². The highest BCUT2D eigenvalue weighted by molar-refractivity contribution is 9.10. The second-order valence-electron chi connectivity index (χ2n) is 4.14. The largest absolute Gasteiger partial charge is 0.306 e. The summed E-state index contributed by atoms with van der Waals surface area (Å²) in [4.78, 5) is 0. The van der Waals surface area contributed by atoms with Crippen molar-refractivity contribution in [1.82, 2.24) is 5.32 Å². The molecule has 0 aliphatic heterocycles. The van der Waals surface area contributed by atoms with Crippen LogP contribution in [0.3, 0.4) is 0 Å². The highest BCUT2D eigenvalue weighted by atomic mass is 79.9. The maximum Gasteiger partial charge on any atom is 0.0295 e. The normalized spacial score (nSPS) is 11.7. The molecule has 0 radical (unpaired) electrons. The first-order valence-electron chi connectivity index (χ1n) is 5.78. The van der Waals surface area contributed by atoms with Crippen molar-refractivity contribution in [2.75, 3.05) is 0 Å². The first-order valence-corrected chi connectivity index (χ1v) is 6.58. The standard InChI is InChI=1S/C15H16BrN.ClH/c1-12(14-8-5-9-15(16)10-14)17-11-13-6-3-2-4-7-13;/h2-10,12,17H,11H2,1H3;1H. The van der Waals surface area contributed by atoms with Crippen molar-refractivity contribution in [2.45, 2.75) is 19.5 Å². The van der Waals surface area contributed by atoms with E-state index in [-0.39, 0.29) is 12.4 Å². The van der Waals surface area contributed by atoms with Crippen LogP contribution in [0.25, 0.3) is 0 Å². The average Bonchev–Trinajstić information content (AvgIpc) is 2.37. The quantitative estimate of drug-likeness (QED) is 0.857. The minimum atomic E-state index is 0. The molecule has 0 spiro atoms. The Morgan fingerprint density at radius 1 is 1.06 bits per heavy atom. The third kappa shape index (κ3) is 4.45. The molecule has 0 saturated heterocycles. The first-order chi connectivity index (χ1) is 8.25. The molecule has 1 atom stereocenters. The van der Waals surface area contributed by atoms with Gasteiger partial charge in [0.25, 0.3) is 0 Å². The summed E-state index contributed by atoms with van der Waals surface area (Å²) in [5, 5.41) is 3.52. The molecule has 1 N–H and O–H groups in total. The van der Waals surface area contributed by atoms with Crippen LogP contribution in [0.4, 0.5) is 0 Å². The van der Waals surface area contributed by atoms with Gasteiger partial charge in [0.2, 0.25) is 0 Å². The lowest BCUT2D eigenvalue weighted by Crippen LogP contribution is -2.17. The summed E-state index contributed by atoms with van der Waals surface area (Å²) >= 11 is 3.50. The lowest BCUT2D eigenvalue weighted by Gasteiger charge is -2.14. The molecule has 0 aromatic heterocycles. The minimum absolute atomic E-state index is 0. The van der Waals surface area contributed by atoms with Crippen LogP contribution in [0.1, 0.15) is 24.1 Å². The molecular formula is C15H17BrClN. The average molecular weight is 327 g/mol. The summed E-state index contributed by atoms with van der Waals surface area (Å²) in [7, 11) is 0. The molecule has 18 heavy (non-hydrogen) atoms. The van der Waals surface area contributed by atoms with E-state index in [1.807, 2.05) is 12.1 Å². The monoisotopic (exact) mass is 325 g/mol. The highest BCUT2D eigenvalue weighted by Gasteiger charge is 2.04. The summed E-state index contributed by atoms with van der Waals surface area (Å²) in [6, 6.07) is 19.2. The van der Waals surface area contributed by atoms with Crippen LogP contribution in [0, 0.1) is 0 Å². The molecule has 2 aromatic carbocycles. The van der Waals surface area contributed by atoms with Crippen molar-refractivity contribution in [1.29, 1.82) is 0 Å². The number of rotatable bonds is 4. The Kier molecular flexibility index (Phi) is 6.41. The molecule has 0 saturated carbocycles. The van der Waals surface area contributed by atoms with Crippen molar-refractivity contribution < 1.29 is 0 Å². The molecule has 3 heteroatoms. The summed E-state index contributed by atoms with van der Waals surface area (Å²) in [6.07, 6.45) is 0. The summed E-state index contributed by atoms with van der Waals surface area (Å²) in [5.41, 5.74) is 2.62. The van der Waals surface area contributed by atoms with E-state index >= 15 is 0 Å². The lowest BCUT2D eigenvalue weighted by atomic mass is 10.1. The number of hydrogen-bond acceptors (Lipinski definition) is 1. The topological polar surface area (TPSA) is 12.0 Å². The van der Waals surface area contributed by atoms with Gasteiger partial charge in [-0.1, -0.05) is 58.4 Å². The number of hydrogen-bond donors (Lipinski definition) is 1. The Morgan fingerprint density at radius 3 is 2.44 bits per heavy atom. The van der Waals surface area contributed by atoms with Crippen molar-refractivity contribution >= 4 is 28.3 Å². The van der Waals surface area contributed by atoms with Crippen LogP contribution < -0.4 is 5.32 Å². The van der Waals surface area contributed by atoms with Gasteiger partial charge in [-0.25, -0.2) is 0 Å². The van der Waals surface area contributed by atoms with Crippen molar-refractivity contribution in [2.24, 2.45) is 0 Å². The van der Waals surface area contributed by atoms with Gasteiger partial charge in [0.15, 0.2) is 0 Å². The SMILES string of the molecule is CC(NCc1ccccc1)c1cccc(Br)c1.Cl. The molecule has 0 aliphatic rings. The van der Waals surface area contributed by atoms with Gasteiger partial charge in [-0.2, -0.15) is 0 Å². The van der Waals surface area contributed by atoms with E-state index < -0.39 is 0 Å². The summed E-state index contributed by atoms with van der Waals surface area (Å²) in [5.74, 6) is 0. The zero-order valence-corrected chi connectivity index (χ0v) is 12.7. The fraction of sp³-hybridized carbons (Fsp3) is 0.200. The van der Waals surface area contributed by atoms with Gasteiger partial charge in [0.1, 0.15) is 0 Å². The fourth-order valence-electron chi connectivity index (χ4n) is 1.76. The second kappa shape index (κ2) is 7.57. The Hall–Kier alpha value is -0.830. The van der Waals surface area contributed by atoms with E-state index in [2.05, 4.69) is 70.6 Å². The molecule has 2 aromatic rings. The summed E-state index contributed by atoms with van der Waals surface area (Å²) in [6.45, 7) is 3.08. The first kappa shape index (κ1) is 15.2. The van der Waals surface area contributed by atoms with Gasteiger partial charge < -0.3 is 5.32 Å². The van der Waals surface area contributed by atoms with Crippen LogP contribution in [0.15, 0.2) is 59.1 Å². The van der Waals surface area contributed by atoms with Gasteiger partial charge >= 0.3 is 0 Å². The van der Waals surface area contributed by atoms with Crippen LogP contribution in [-0.4, -0.2) is 0 Å². The van der Waals surface area contributed by atoms with E-state index in [0.29, 0.717) is 6.04 Å². The van der Waals surface area contributed by atoms with Gasteiger partial charge in [-0.05, 0) is 30.2 Å². The summed E-state index contributed by atoms with van der Waals surface area (Å²) < 4.78 is 1.13. The molecular weight excluding hydrogens is 310 g/mol. The maximum atomic E-state index is 3.52. The number of benzene rings is 2. The zero-order valence-electron chi connectivity index (χ0n) is 10.3. The molecule has 1 nitrogen and oxygen atoms in total. The highest BCUT2D eigenvalue weighted by Crippen LogP contribution is 2.18. The molecule has 0 bridgehead atoms. The predicted octanol–water partition coefficient (Wildman–Crippen LogP) is 4.72. The smallest absolute Gasteiger partial charge is 0.0295 e. The van der Waals surface area contributed by atoms with Crippen molar-refractivity contribution in [3.63, 3.8) is 0 Å². The van der Waals surface area contributed by atoms with E-state index in [1.165, 1.54) is 11.1 Å². The third-order valence-corrected chi connectivity index (χ3v) is 3.30. The Balaban J connectivity index is 0.00000162.